The van der Waals surface area contributed by atoms with Crippen LogP contribution >= 0.6 is 22.9 Å². The van der Waals surface area contributed by atoms with Crippen molar-refractivity contribution in [2.75, 3.05) is 10.6 Å². The summed E-state index contributed by atoms with van der Waals surface area (Å²) in [5, 5.41) is 8.52. The number of halogens is 1. The highest BCUT2D eigenvalue weighted by molar-refractivity contribution is 7.13. The van der Waals surface area contributed by atoms with Crippen LogP contribution in [-0.4, -0.2) is 16.8 Å². The standard InChI is InChI=1S/C16H16ClN3O2S/c1-9-2-5-11(17)6-13(9)19-14(21)7-12-8-23-16(18-12)20-15(22)10-3-4-10/h2,5-6,8,10H,3-4,7H2,1H3,(H,19,21)(H,18,20,22). The first-order valence-corrected chi connectivity index (χ1v) is 8.58. The fraction of sp³-hybridized carbons (Fsp3) is 0.312. The van der Waals surface area contributed by atoms with Crippen LogP contribution in [0.3, 0.4) is 0 Å². The number of hydrogen-bond acceptors (Lipinski definition) is 4. The van der Waals surface area contributed by atoms with Crippen molar-refractivity contribution < 1.29 is 9.59 Å². The van der Waals surface area contributed by atoms with Crippen molar-refractivity contribution in [1.29, 1.82) is 0 Å². The highest BCUT2D eigenvalue weighted by Gasteiger charge is 2.30. The highest BCUT2D eigenvalue weighted by atomic mass is 35.5. The molecule has 0 atom stereocenters. The second kappa shape index (κ2) is 6.68. The van der Waals surface area contributed by atoms with E-state index in [1.165, 1.54) is 11.3 Å². The van der Waals surface area contributed by atoms with Crippen LogP contribution in [0.1, 0.15) is 24.1 Å². The zero-order valence-corrected chi connectivity index (χ0v) is 14.1. The molecule has 1 aliphatic rings. The lowest BCUT2D eigenvalue weighted by atomic mass is 10.2. The molecule has 3 rings (SSSR count). The van der Waals surface area contributed by atoms with E-state index in [1.807, 2.05) is 13.0 Å². The molecule has 0 radical (unpaired) electrons. The van der Waals surface area contributed by atoms with Gasteiger partial charge in [-0.3, -0.25) is 9.59 Å². The molecule has 1 aromatic carbocycles. The fourth-order valence-electron chi connectivity index (χ4n) is 2.09. The zero-order chi connectivity index (χ0) is 16.4. The lowest BCUT2D eigenvalue weighted by Crippen LogP contribution is -2.16. The highest BCUT2D eigenvalue weighted by Crippen LogP contribution is 2.30. The van der Waals surface area contributed by atoms with E-state index in [9.17, 15) is 9.59 Å². The van der Waals surface area contributed by atoms with E-state index < -0.39 is 0 Å². The second-order valence-electron chi connectivity index (χ2n) is 5.59. The van der Waals surface area contributed by atoms with Gasteiger partial charge in [-0.1, -0.05) is 17.7 Å². The molecule has 0 saturated heterocycles. The van der Waals surface area contributed by atoms with Crippen molar-refractivity contribution in [2.45, 2.75) is 26.2 Å². The second-order valence-corrected chi connectivity index (χ2v) is 6.89. The van der Waals surface area contributed by atoms with Gasteiger partial charge in [-0.15, -0.1) is 11.3 Å². The summed E-state index contributed by atoms with van der Waals surface area (Å²) in [6.07, 6.45) is 2.05. The summed E-state index contributed by atoms with van der Waals surface area (Å²) in [6, 6.07) is 5.35. The number of aromatic nitrogens is 1. The van der Waals surface area contributed by atoms with Gasteiger partial charge in [0.15, 0.2) is 5.13 Å². The third kappa shape index (κ3) is 4.30. The van der Waals surface area contributed by atoms with Gasteiger partial charge in [0.05, 0.1) is 12.1 Å². The SMILES string of the molecule is Cc1ccc(Cl)cc1NC(=O)Cc1csc(NC(=O)C2CC2)n1. The monoisotopic (exact) mass is 349 g/mol. The number of benzene rings is 1. The molecule has 5 nitrogen and oxygen atoms in total. The van der Waals surface area contributed by atoms with Crippen LogP contribution in [0.15, 0.2) is 23.6 Å². The summed E-state index contributed by atoms with van der Waals surface area (Å²) in [6.45, 7) is 1.90. The van der Waals surface area contributed by atoms with Gasteiger partial charge in [0, 0.05) is 22.0 Å². The molecule has 2 N–H and O–H groups in total. The number of amides is 2. The van der Waals surface area contributed by atoms with E-state index in [0.29, 0.717) is 21.5 Å². The first-order chi connectivity index (χ1) is 11.0. The van der Waals surface area contributed by atoms with Crippen LogP contribution in [-0.2, 0) is 16.0 Å². The molecule has 0 unspecified atom stereocenters. The normalized spacial score (nSPS) is 13.7. The number of carbonyl (C=O) groups is 2. The Hall–Kier alpha value is -1.92. The van der Waals surface area contributed by atoms with Crippen molar-refractivity contribution in [3.05, 3.63) is 39.9 Å². The van der Waals surface area contributed by atoms with Crippen molar-refractivity contribution in [2.24, 2.45) is 5.92 Å². The molecule has 120 valence electrons. The maximum Gasteiger partial charge on any atom is 0.230 e. The summed E-state index contributed by atoms with van der Waals surface area (Å²) in [5.74, 6) is -0.0120. The van der Waals surface area contributed by atoms with Gasteiger partial charge in [0.1, 0.15) is 0 Å². The van der Waals surface area contributed by atoms with E-state index in [-0.39, 0.29) is 24.2 Å². The molecular formula is C16H16ClN3O2S. The third-order valence-electron chi connectivity index (χ3n) is 3.55. The van der Waals surface area contributed by atoms with Crippen LogP contribution in [0.25, 0.3) is 0 Å². The largest absolute Gasteiger partial charge is 0.325 e. The Morgan fingerprint density at radius 2 is 2.13 bits per heavy atom. The maximum atomic E-state index is 12.1. The topological polar surface area (TPSA) is 71.1 Å². The Morgan fingerprint density at radius 3 is 2.87 bits per heavy atom. The molecule has 1 aromatic heterocycles. The van der Waals surface area contributed by atoms with Crippen LogP contribution < -0.4 is 10.6 Å². The molecule has 1 fully saturated rings. The van der Waals surface area contributed by atoms with E-state index in [0.717, 1.165) is 18.4 Å². The van der Waals surface area contributed by atoms with Gasteiger partial charge in [0.2, 0.25) is 11.8 Å². The lowest BCUT2D eigenvalue weighted by molar-refractivity contribution is -0.117. The molecule has 0 bridgehead atoms. The van der Waals surface area contributed by atoms with Gasteiger partial charge in [-0.05, 0) is 37.5 Å². The number of nitrogens with one attached hydrogen (secondary N) is 2. The minimum atomic E-state index is -0.166. The first-order valence-electron chi connectivity index (χ1n) is 7.32. The third-order valence-corrected chi connectivity index (χ3v) is 4.59. The number of nitrogens with zero attached hydrogens (tertiary/aromatic N) is 1. The lowest BCUT2D eigenvalue weighted by Gasteiger charge is -2.08. The fourth-order valence-corrected chi connectivity index (χ4v) is 2.97. The van der Waals surface area contributed by atoms with E-state index in [2.05, 4.69) is 15.6 Å². The number of aryl methyl sites for hydroxylation is 1. The average molecular weight is 350 g/mol. The first kappa shape index (κ1) is 16.0. The number of anilines is 2. The van der Waals surface area contributed by atoms with Gasteiger partial charge in [-0.2, -0.15) is 0 Å². The summed E-state index contributed by atoms with van der Waals surface area (Å²) in [4.78, 5) is 28.1. The van der Waals surface area contributed by atoms with Gasteiger partial charge in [-0.25, -0.2) is 4.98 Å². The summed E-state index contributed by atoms with van der Waals surface area (Å²) < 4.78 is 0. The average Bonchev–Trinajstić information content (AvgIpc) is 3.26. The minimum absolute atomic E-state index is 0.0184. The Bertz CT molecular complexity index is 756. The molecule has 2 amide bonds. The Morgan fingerprint density at radius 1 is 1.35 bits per heavy atom. The molecule has 1 saturated carbocycles. The maximum absolute atomic E-state index is 12.1. The molecule has 2 aromatic rings. The number of carbonyl (C=O) groups excluding carboxylic acids is 2. The van der Waals surface area contributed by atoms with Gasteiger partial charge < -0.3 is 10.6 Å². The molecule has 7 heteroatoms. The molecule has 1 heterocycles. The van der Waals surface area contributed by atoms with Gasteiger partial charge in [0.25, 0.3) is 0 Å². The van der Waals surface area contributed by atoms with Gasteiger partial charge >= 0.3 is 0 Å². The molecule has 0 aliphatic heterocycles. The summed E-state index contributed by atoms with van der Waals surface area (Å²) >= 11 is 7.27. The Kier molecular flexibility index (Phi) is 4.63. The van der Waals surface area contributed by atoms with Crippen molar-refractivity contribution in [3.8, 4) is 0 Å². The number of rotatable bonds is 5. The van der Waals surface area contributed by atoms with Crippen LogP contribution in [0.5, 0.6) is 0 Å². The summed E-state index contributed by atoms with van der Waals surface area (Å²) in [7, 11) is 0. The Labute approximate surface area is 143 Å². The van der Waals surface area contributed by atoms with Crippen LogP contribution in [0.4, 0.5) is 10.8 Å². The Balaban J connectivity index is 1.58. The smallest absolute Gasteiger partial charge is 0.230 e. The van der Waals surface area contributed by atoms with Crippen molar-refractivity contribution in [1.82, 2.24) is 4.98 Å². The van der Waals surface area contributed by atoms with E-state index >= 15 is 0 Å². The molecule has 23 heavy (non-hydrogen) atoms. The predicted molar refractivity (Wildman–Crippen MR) is 92.0 cm³/mol. The molecule has 1 aliphatic carbocycles. The van der Waals surface area contributed by atoms with E-state index in [4.69, 9.17) is 11.6 Å². The van der Waals surface area contributed by atoms with Crippen LogP contribution in [0, 0.1) is 12.8 Å². The summed E-state index contributed by atoms with van der Waals surface area (Å²) in [5.41, 5.74) is 2.27. The number of hydrogen-bond donors (Lipinski definition) is 2. The molecular weight excluding hydrogens is 334 g/mol. The number of thiazole rings is 1. The zero-order valence-electron chi connectivity index (χ0n) is 12.6. The minimum Gasteiger partial charge on any atom is -0.325 e. The van der Waals surface area contributed by atoms with Crippen LogP contribution in [0.2, 0.25) is 5.02 Å². The van der Waals surface area contributed by atoms with Crippen molar-refractivity contribution in [3.63, 3.8) is 0 Å². The molecule has 0 spiro atoms. The van der Waals surface area contributed by atoms with Crippen molar-refractivity contribution >= 4 is 45.6 Å². The quantitative estimate of drug-likeness (QED) is 0.865. The van der Waals surface area contributed by atoms with E-state index in [1.54, 1.807) is 17.5 Å². The predicted octanol–water partition coefficient (Wildman–Crippen LogP) is 3.63.